The molecule has 0 unspecified atom stereocenters. The van der Waals surface area contributed by atoms with Crippen molar-refractivity contribution >= 4 is 40.2 Å². The summed E-state index contributed by atoms with van der Waals surface area (Å²) in [5.41, 5.74) is 1.73. The Balaban J connectivity index is 2.07. The van der Waals surface area contributed by atoms with E-state index < -0.39 is 34.3 Å². The Labute approximate surface area is 346 Å². The van der Waals surface area contributed by atoms with E-state index in [0.29, 0.717) is 19.8 Å². The van der Waals surface area contributed by atoms with Crippen molar-refractivity contribution in [3.8, 4) is 5.75 Å². The van der Waals surface area contributed by atoms with Crippen LogP contribution >= 0.6 is 23.5 Å². The number of rotatable bonds is 21. The van der Waals surface area contributed by atoms with Gasteiger partial charge in [-0.05, 0) is 90.3 Å². The van der Waals surface area contributed by atoms with E-state index in [1.165, 1.54) is 5.56 Å². The minimum atomic E-state index is -2.25. The molecular formula is C45H76O6S2Si2. The number of aliphatic hydroxyl groups is 1. The van der Waals surface area contributed by atoms with E-state index in [0.717, 1.165) is 42.1 Å². The molecule has 55 heavy (non-hydrogen) atoms. The third kappa shape index (κ3) is 13.0. The zero-order chi connectivity index (χ0) is 41.3. The van der Waals surface area contributed by atoms with Crippen molar-refractivity contribution < 1.29 is 28.2 Å². The first-order valence-corrected chi connectivity index (χ1v) is 28.1. The number of aliphatic hydroxyl groups excluding tert-OH is 1. The van der Waals surface area contributed by atoms with Gasteiger partial charge in [-0.1, -0.05) is 111 Å². The van der Waals surface area contributed by atoms with Crippen LogP contribution < -0.4 is 4.74 Å². The molecule has 1 aliphatic heterocycles. The summed E-state index contributed by atoms with van der Waals surface area (Å²) in [4.78, 5) is 0. The summed E-state index contributed by atoms with van der Waals surface area (Å²) in [6.07, 6.45) is 2.89. The van der Waals surface area contributed by atoms with Crippen molar-refractivity contribution in [3.05, 3.63) is 78.4 Å². The van der Waals surface area contributed by atoms with Gasteiger partial charge in [-0.2, -0.15) is 0 Å². The van der Waals surface area contributed by atoms with Gasteiger partial charge in [0.05, 0.1) is 48.8 Å². The van der Waals surface area contributed by atoms with Crippen LogP contribution in [-0.2, 0) is 31.5 Å². The number of thioether (sulfide) groups is 2. The van der Waals surface area contributed by atoms with E-state index in [-0.39, 0.29) is 32.3 Å². The second-order valence-electron chi connectivity index (χ2n) is 19.1. The lowest BCUT2D eigenvalue weighted by Gasteiger charge is -2.55. The van der Waals surface area contributed by atoms with Gasteiger partial charge in [-0.3, -0.25) is 0 Å². The molecule has 3 rings (SSSR count). The molecule has 1 N–H and O–H groups in total. The number of methoxy groups -OCH3 is 1. The molecule has 0 spiro atoms. The van der Waals surface area contributed by atoms with Crippen molar-refractivity contribution in [2.24, 2.45) is 11.3 Å². The Bertz CT molecular complexity index is 1430. The van der Waals surface area contributed by atoms with E-state index in [2.05, 4.69) is 119 Å². The van der Waals surface area contributed by atoms with Crippen LogP contribution in [0.3, 0.4) is 0 Å². The maximum atomic E-state index is 11.7. The molecule has 0 aliphatic carbocycles. The fraction of sp³-hybridized carbons (Fsp3) is 0.689. The van der Waals surface area contributed by atoms with Crippen LogP contribution in [0.1, 0.15) is 92.7 Å². The van der Waals surface area contributed by atoms with Crippen LogP contribution in [0.2, 0.25) is 36.3 Å². The first-order chi connectivity index (χ1) is 25.5. The Kier molecular flexibility index (Phi) is 17.8. The fourth-order valence-corrected chi connectivity index (χ4v) is 13.3. The molecule has 0 saturated carbocycles. The summed E-state index contributed by atoms with van der Waals surface area (Å²) >= 11 is 4.06. The van der Waals surface area contributed by atoms with Gasteiger partial charge in [0.15, 0.2) is 16.6 Å². The Morgan fingerprint density at radius 3 is 1.84 bits per heavy atom. The van der Waals surface area contributed by atoms with Gasteiger partial charge in [-0.25, -0.2) is 0 Å². The molecule has 312 valence electrons. The van der Waals surface area contributed by atoms with Crippen LogP contribution in [0, 0.1) is 11.3 Å². The maximum Gasteiger partial charge on any atom is 0.192 e. The van der Waals surface area contributed by atoms with Gasteiger partial charge in [0, 0.05) is 17.9 Å². The van der Waals surface area contributed by atoms with Crippen molar-refractivity contribution in [3.63, 3.8) is 0 Å². The Hall–Kier alpha value is -1.09. The number of hydrogen-bond acceptors (Lipinski definition) is 8. The van der Waals surface area contributed by atoms with Crippen LogP contribution in [0.15, 0.2) is 67.3 Å². The first kappa shape index (κ1) is 48.3. The molecule has 1 fully saturated rings. The second kappa shape index (κ2) is 20.3. The highest BCUT2D eigenvalue weighted by molar-refractivity contribution is 8.18. The summed E-state index contributed by atoms with van der Waals surface area (Å²) in [5, 5.41) is 11.7. The van der Waals surface area contributed by atoms with Crippen LogP contribution in [-0.4, -0.2) is 75.5 Å². The first-order valence-electron chi connectivity index (χ1n) is 20.3. The fourth-order valence-electron chi connectivity index (χ4n) is 6.65. The van der Waals surface area contributed by atoms with E-state index in [1.54, 1.807) is 13.2 Å². The monoisotopic (exact) mass is 832 g/mol. The lowest BCUT2D eigenvalue weighted by atomic mass is 9.76. The maximum absolute atomic E-state index is 11.7. The minimum Gasteiger partial charge on any atom is -0.497 e. The summed E-state index contributed by atoms with van der Waals surface area (Å²) in [5.74, 6) is 2.98. The molecule has 6 nitrogen and oxygen atoms in total. The minimum absolute atomic E-state index is 0.0259. The van der Waals surface area contributed by atoms with Crippen LogP contribution in [0.4, 0.5) is 0 Å². The SMILES string of the molecule is C=C[C@H](O)[C@@H](OCc1ccc(OC)cc1)C(C)(C)C1(C[C@H](O[Si](C)(C)C(C)(C)C)[C@@H](C)[C@@H](CCOCc2ccccc2)O[Si](C)(C)C(C)(C)C)SCCCS1. The highest BCUT2D eigenvalue weighted by Crippen LogP contribution is 2.60. The van der Waals surface area contributed by atoms with E-state index >= 15 is 0 Å². The molecule has 0 radical (unpaired) electrons. The topological polar surface area (TPSA) is 66.4 Å². The molecule has 1 heterocycles. The lowest BCUT2D eigenvalue weighted by molar-refractivity contribution is -0.0978. The van der Waals surface area contributed by atoms with Gasteiger partial charge < -0.3 is 28.2 Å². The molecule has 0 amide bonds. The molecule has 0 aromatic heterocycles. The lowest BCUT2D eigenvalue weighted by Crippen LogP contribution is -2.57. The summed E-state index contributed by atoms with van der Waals surface area (Å²) in [6.45, 7) is 36.0. The van der Waals surface area contributed by atoms with Crippen molar-refractivity contribution in [1.29, 1.82) is 0 Å². The van der Waals surface area contributed by atoms with E-state index in [1.807, 2.05) is 53.9 Å². The normalized spacial score (nSPS) is 18.6. The second-order valence-corrected chi connectivity index (χ2v) is 31.6. The Morgan fingerprint density at radius 2 is 1.33 bits per heavy atom. The number of benzene rings is 2. The third-order valence-electron chi connectivity index (χ3n) is 12.6. The largest absolute Gasteiger partial charge is 0.497 e. The highest BCUT2D eigenvalue weighted by atomic mass is 32.2. The molecule has 0 bridgehead atoms. The molecule has 5 atom stereocenters. The molecule has 1 aliphatic rings. The smallest absolute Gasteiger partial charge is 0.192 e. The zero-order valence-corrected chi connectivity index (χ0v) is 40.5. The molecule has 2 aromatic rings. The van der Waals surface area contributed by atoms with Gasteiger partial charge in [0.2, 0.25) is 0 Å². The predicted octanol–water partition coefficient (Wildman–Crippen LogP) is 12.1. The number of ether oxygens (including phenoxy) is 3. The predicted molar refractivity (Wildman–Crippen MR) is 242 cm³/mol. The van der Waals surface area contributed by atoms with Gasteiger partial charge in [-0.15, -0.1) is 30.1 Å². The third-order valence-corrected chi connectivity index (χ3v) is 25.6. The van der Waals surface area contributed by atoms with Gasteiger partial charge >= 0.3 is 0 Å². The van der Waals surface area contributed by atoms with Crippen LogP contribution in [0.25, 0.3) is 0 Å². The summed E-state index contributed by atoms with van der Waals surface area (Å²) in [7, 11) is -2.75. The molecule has 1 saturated heterocycles. The average Bonchev–Trinajstić information content (AvgIpc) is 3.12. The number of hydrogen-bond donors (Lipinski definition) is 1. The zero-order valence-electron chi connectivity index (χ0n) is 36.8. The molecule has 2 aromatic carbocycles. The van der Waals surface area contributed by atoms with Gasteiger partial charge in [0.1, 0.15) is 5.75 Å². The quantitative estimate of drug-likeness (QED) is 0.0758. The van der Waals surface area contributed by atoms with E-state index in [4.69, 9.17) is 23.1 Å². The summed E-state index contributed by atoms with van der Waals surface area (Å²) in [6, 6.07) is 18.4. The Morgan fingerprint density at radius 1 is 0.800 bits per heavy atom. The van der Waals surface area contributed by atoms with Gasteiger partial charge in [0.25, 0.3) is 0 Å². The average molecular weight is 833 g/mol. The van der Waals surface area contributed by atoms with Crippen molar-refractivity contribution in [2.75, 3.05) is 25.2 Å². The molecule has 10 heteroatoms. The standard InChI is InChI=1S/C45H76O6S2Si2/c1-16-38(46)41(49-33-36-23-25-37(47-11)26-24-36)44(9,10)45(52-29-20-30-53-45)31-40(51-55(14,15)43(6,7)8)34(2)39(50-54(12,13)42(3,4)5)27-28-48-32-35-21-18-17-19-22-35/h16-19,21-26,34,38-41,46H,1,20,27-33H2,2-15H3/t34-,38-,39+,40-,41+/m0/s1. The summed E-state index contributed by atoms with van der Waals surface area (Å²) < 4.78 is 33.2. The van der Waals surface area contributed by atoms with Crippen molar-refractivity contribution in [2.45, 2.75) is 160 Å². The van der Waals surface area contributed by atoms with E-state index in [9.17, 15) is 5.11 Å². The van der Waals surface area contributed by atoms with Crippen molar-refractivity contribution in [1.82, 2.24) is 0 Å². The van der Waals surface area contributed by atoms with Crippen LogP contribution in [0.5, 0.6) is 5.75 Å². The molecular weight excluding hydrogens is 757 g/mol. The highest BCUT2D eigenvalue weighted by Gasteiger charge is 2.56.